The Morgan fingerprint density at radius 3 is 2.29 bits per heavy atom. The van der Waals surface area contributed by atoms with Gasteiger partial charge in [-0.3, -0.25) is 0 Å². The Bertz CT molecular complexity index is 727. The number of fused-ring (bicyclic) bond motifs is 1. The van der Waals surface area contributed by atoms with Gasteiger partial charge in [0.25, 0.3) is 0 Å². The zero-order valence-electron chi connectivity index (χ0n) is 17.1. The van der Waals surface area contributed by atoms with E-state index in [1.54, 1.807) is 6.92 Å². The van der Waals surface area contributed by atoms with Crippen molar-refractivity contribution in [2.75, 3.05) is 0 Å². The highest BCUT2D eigenvalue weighted by Gasteiger charge is 2.62. The zero-order valence-corrected chi connectivity index (χ0v) is 17.1. The van der Waals surface area contributed by atoms with E-state index in [0.717, 1.165) is 0 Å². The van der Waals surface area contributed by atoms with E-state index in [1.165, 1.54) is 24.3 Å². The number of aliphatic hydroxyl groups excluding tert-OH is 1. The fourth-order valence-electron chi connectivity index (χ4n) is 5.35. The van der Waals surface area contributed by atoms with Gasteiger partial charge in [-0.25, -0.2) is 4.79 Å². The summed E-state index contributed by atoms with van der Waals surface area (Å²) in [5.74, 6) is -0.965. The number of hydrogen-bond donors (Lipinski definition) is 4. The lowest BCUT2D eigenvalue weighted by molar-refractivity contribution is -0.118. The third kappa shape index (κ3) is 3.53. The third-order valence-electron chi connectivity index (χ3n) is 7.09. The van der Waals surface area contributed by atoms with Crippen molar-refractivity contribution in [1.82, 2.24) is 0 Å². The average molecular weight is 392 g/mol. The second-order valence-electron chi connectivity index (χ2n) is 9.55. The van der Waals surface area contributed by atoms with Crippen molar-refractivity contribution in [3.63, 3.8) is 0 Å². The van der Waals surface area contributed by atoms with E-state index in [2.05, 4.69) is 0 Å². The Morgan fingerprint density at radius 2 is 1.71 bits per heavy atom. The fraction of sp³-hybridized carbons (Fsp3) is 0.682. The lowest BCUT2D eigenvalue weighted by atomic mass is 9.68. The molecule has 6 heteroatoms. The summed E-state index contributed by atoms with van der Waals surface area (Å²) in [5.41, 5.74) is -2.61. The predicted octanol–water partition coefficient (Wildman–Crippen LogP) is 2.63. The van der Waals surface area contributed by atoms with Crippen molar-refractivity contribution in [3.05, 3.63) is 29.8 Å². The van der Waals surface area contributed by atoms with Crippen LogP contribution in [0.15, 0.2) is 24.3 Å². The molecular weight excluding hydrogens is 360 g/mol. The van der Waals surface area contributed by atoms with E-state index in [-0.39, 0.29) is 23.7 Å². The van der Waals surface area contributed by atoms with E-state index < -0.39 is 40.7 Å². The number of rotatable bonds is 3. The largest absolute Gasteiger partial charge is 0.508 e. The molecule has 2 aliphatic rings. The molecule has 156 valence electrons. The Labute approximate surface area is 166 Å². The van der Waals surface area contributed by atoms with E-state index in [4.69, 9.17) is 4.74 Å². The minimum Gasteiger partial charge on any atom is -0.508 e. The number of carbonyl (C=O) groups is 1. The summed E-state index contributed by atoms with van der Waals surface area (Å²) in [6, 6.07) is 5.75. The Hall–Kier alpha value is -1.63. The van der Waals surface area contributed by atoms with Crippen molar-refractivity contribution >= 4 is 5.97 Å². The van der Waals surface area contributed by atoms with Crippen LogP contribution in [0.1, 0.15) is 63.7 Å². The van der Waals surface area contributed by atoms with Gasteiger partial charge in [0.2, 0.25) is 0 Å². The van der Waals surface area contributed by atoms with Crippen molar-refractivity contribution in [3.8, 4) is 5.75 Å². The standard InChI is InChI=1S/C22H32O6/c1-13(2)22(27)10-9-20(3)12-17(21(4,26)11-16(24)18(20)22)28-19(25)14-5-7-15(23)8-6-14/h5-8,13,16-18,23-24,26-27H,9-12H2,1-4H3/t16-,17-,18+,20+,21-,22+/m1/s1. The Kier molecular flexibility index (Phi) is 5.28. The third-order valence-corrected chi connectivity index (χ3v) is 7.09. The number of hydrogen-bond acceptors (Lipinski definition) is 6. The van der Waals surface area contributed by atoms with Gasteiger partial charge in [0.15, 0.2) is 0 Å². The Morgan fingerprint density at radius 1 is 1.11 bits per heavy atom. The molecule has 28 heavy (non-hydrogen) atoms. The van der Waals surface area contributed by atoms with Crippen molar-refractivity contribution in [2.45, 2.75) is 76.8 Å². The number of carbonyl (C=O) groups excluding carboxylic acids is 1. The lowest BCUT2D eigenvalue weighted by Gasteiger charge is -2.42. The van der Waals surface area contributed by atoms with Gasteiger partial charge in [0.1, 0.15) is 17.5 Å². The van der Waals surface area contributed by atoms with Crippen molar-refractivity contribution in [2.24, 2.45) is 17.3 Å². The van der Waals surface area contributed by atoms with Gasteiger partial charge in [0.05, 0.1) is 17.3 Å². The maximum Gasteiger partial charge on any atom is 0.338 e. The first-order valence-corrected chi connectivity index (χ1v) is 10.0. The Balaban J connectivity index is 1.89. The van der Waals surface area contributed by atoms with Gasteiger partial charge >= 0.3 is 5.97 Å². The molecule has 0 aromatic heterocycles. The second kappa shape index (κ2) is 7.01. The summed E-state index contributed by atoms with van der Waals surface area (Å²) in [5, 5.41) is 42.7. The van der Waals surface area contributed by atoms with Crippen LogP contribution in [0.25, 0.3) is 0 Å². The number of phenols is 1. The molecule has 2 fully saturated rings. The summed E-state index contributed by atoms with van der Waals surface area (Å²) in [7, 11) is 0. The fourth-order valence-corrected chi connectivity index (χ4v) is 5.35. The monoisotopic (exact) mass is 392 g/mol. The molecule has 1 aromatic carbocycles. The highest BCUT2D eigenvalue weighted by molar-refractivity contribution is 5.89. The first-order valence-electron chi connectivity index (χ1n) is 10.0. The van der Waals surface area contributed by atoms with Crippen LogP contribution in [0.3, 0.4) is 0 Å². The maximum atomic E-state index is 12.6. The van der Waals surface area contributed by atoms with Crippen molar-refractivity contribution < 1.29 is 30.0 Å². The summed E-state index contributed by atoms with van der Waals surface area (Å²) < 4.78 is 5.70. The van der Waals surface area contributed by atoms with Gasteiger partial charge in [-0.1, -0.05) is 20.8 Å². The minimum atomic E-state index is -1.42. The molecule has 3 rings (SSSR count). The van der Waals surface area contributed by atoms with Crippen LogP contribution in [-0.2, 0) is 4.74 Å². The maximum absolute atomic E-state index is 12.6. The van der Waals surface area contributed by atoms with Gasteiger partial charge in [0, 0.05) is 12.3 Å². The topological polar surface area (TPSA) is 107 Å². The SMILES string of the molecule is CC(C)[C@@]1(O)CC[C@@]2(C)C[C@@H](OC(=O)c3ccc(O)cc3)[C@](C)(O)C[C@@H](O)[C@@H]21. The van der Waals surface area contributed by atoms with Gasteiger partial charge in [-0.05, 0) is 61.8 Å². The van der Waals surface area contributed by atoms with Crippen LogP contribution < -0.4 is 0 Å². The molecule has 0 spiro atoms. The molecule has 6 atom stereocenters. The van der Waals surface area contributed by atoms with Gasteiger partial charge in [-0.15, -0.1) is 0 Å². The molecule has 0 heterocycles. The molecule has 0 aliphatic heterocycles. The van der Waals surface area contributed by atoms with E-state index in [0.29, 0.717) is 19.3 Å². The number of esters is 1. The summed E-state index contributed by atoms with van der Waals surface area (Å²) in [4.78, 5) is 12.6. The van der Waals surface area contributed by atoms with E-state index in [9.17, 15) is 25.2 Å². The van der Waals surface area contributed by atoms with Gasteiger partial charge < -0.3 is 25.2 Å². The second-order valence-corrected chi connectivity index (χ2v) is 9.55. The van der Waals surface area contributed by atoms with Crippen LogP contribution in [0.4, 0.5) is 0 Å². The van der Waals surface area contributed by atoms with Crippen molar-refractivity contribution in [1.29, 1.82) is 0 Å². The zero-order chi connectivity index (χ0) is 20.9. The number of aromatic hydroxyl groups is 1. The molecule has 0 radical (unpaired) electrons. The van der Waals surface area contributed by atoms with Gasteiger partial charge in [-0.2, -0.15) is 0 Å². The molecule has 2 saturated carbocycles. The van der Waals surface area contributed by atoms with Crippen LogP contribution in [-0.4, -0.2) is 49.8 Å². The summed E-state index contributed by atoms with van der Waals surface area (Å²) in [6.07, 6.45) is -0.0625. The quantitative estimate of drug-likeness (QED) is 0.589. The molecule has 0 unspecified atom stereocenters. The molecule has 0 bridgehead atoms. The molecule has 4 N–H and O–H groups in total. The molecule has 0 amide bonds. The predicted molar refractivity (Wildman–Crippen MR) is 104 cm³/mol. The van der Waals surface area contributed by atoms with Crippen LogP contribution in [0.5, 0.6) is 5.75 Å². The van der Waals surface area contributed by atoms with Crippen LogP contribution in [0.2, 0.25) is 0 Å². The number of ether oxygens (including phenoxy) is 1. The first kappa shape index (κ1) is 21.1. The number of benzene rings is 1. The normalized spacial score (nSPS) is 40.8. The first-order chi connectivity index (χ1) is 12.9. The molecule has 1 aromatic rings. The van der Waals surface area contributed by atoms with E-state index >= 15 is 0 Å². The van der Waals surface area contributed by atoms with Crippen LogP contribution >= 0.6 is 0 Å². The smallest absolute Gasteiger partial charge is 0.338 e. The summed E-state index contributed by atoms with van der Waals surface area (Å²) in [6.45, 7) is 7.47. The number of phenolic OH excluding ortho intramolecular Hbond substituents is 1. The molecule has 0 saturated heterocycles. The lowest BCUT2D eigenvalue weighted by Crippen LogP contribution is -2.49. The van der Waals surface area contributed by atoms with Crippen LogP contribution in [0, 0.1) is 17.3 Å². The number of aliphatic hydroxyl groups is 3. The highest BCUT2D eigenvalue weighted by Crippen LogP contribution is 2.59. The molecule has 2 aliphatic carbocycles. The van der Waals surface area contributed by atoms with E-state index in [1.807, 2.05) is 20.8 Å². The molecular formula is C22H32O6. The minimum absolute atomic E-state index is 0.0236. The average Bonchev–Trinajstić information content (AvgIpc) is 2.83. The molecule has 6 nitrogen and oxygen atoms in total. The highest BCUT2D eigenvalue weighted by atomic mass is 16.6. The summed E-state index contributed by atoms with van der Waals surface area (Å²) >= 11 is 0.